The minimum Gasteiger partial charge on any atom is -0.462 e. The Morgan fingerprint density at radius 1 is 1.85 bits per heavy atom. The number of carbonyl (C=O) groups excluding carboxylic acids is 1. The van der Waals surface area contributed by atoms with E-state index in [1.165, 1.54) is 6.21 Å². The molecule has 0 bridgehead atoms. The fourth-order valence-electron chi connectivity index (χ4n) is 0.520. The average molecular weight is 314 g/mol. The molecule has 2 N–H and O–H groups in total. The molecule has 0 aromatic carbocycles. The molecule has 0 aliphatic heterocycles. The maximum atomic E-state index is 11.1. The molecule has 6 heteroatoms. The number of carbonyl (C=O) groups is 1. The molecule has 0 fully saturated rings. The number of thiol groups is 1. The number of ether oxygens (including phenoxy) is 1. The molecular formula is C7H11IN2O2S. The lowest BCUT2D eigenvalue weighted by Crippen LogP contribution is -2.10. The summed E-state index contributed by atoms with van der Waals surface area (Å²) in [7, 11) is 0. The highest BCUT2D eigenvalue weighted by Crippen LogP contribution is 2.06. The quantitative estimate of drug-likeness (QED) is 0.155. The van der Waals surface area contributed by atoms with Gasteiger partial charge in [-0.3, -0.25) is 4.99 Å². The summed E-state index contributed by atoms with van der Waals surface area (Å²) < 4.78 is 4.53. The second kappa shape index (κ2) is 7.19. The van der Waals surface area contributed by atoms with Crippen molar-refractivity contribution >= 4 is 47.4 Å². The summed E-state index contributed by atoms with van der Waals surface area (Å²) in [5.74, 6) is -0.473. The van der Waals surface area contributed by atoms with Crippen molar-refractivity contribution in [3.05, 3.63) is 11.8 Å². The van der Waals surface area contributed by atoms with E-state index in [1.807, 2.05) is 22.6 Å². The van der Waals surface area contributed by atoms with E-state index in [1.54, 1.807) is 6.92 Å². The van der Waals surface area contributed by atoms with Gasteiger partial charge < -0.3 is 10.5 Å². The first-order chi connectivity index (χ1) is 6.11. The van der Waals surface area contributed by atoms with E-state index >= 15 is 0 Å². The third-order valence-electron chi connectivity index (χ3n) is 1.03. The number of aliphatic imine (C=N–C) groups is 1. The van der Waals surface area contributed by atoms with Gasteiger partial charge in [0.05, 0.1) is 12.2 Å². The lowest BCUT2D eigenvalue weighted by Gasteiger charge is -2.00. The summed E-state index contributed by atoms with van der Waals surface area (Å²) in [6.45, 7) is 2.04. The molecule has 0 aliphatic rings. The Morgan fingerprint density at radius 3 is 2.85 bits per heavy atom. The number of alkyl halides is 1. The SMILES string of the molecule is CCOC(=O)C(/C=N\C(S)I)=C/N. The highest BCUT2D eigenvalue weighted by Gasteiger charge is 2.06. The van der Waals surface area contributed by atoms with Crippen molar-refractivity contribution < 1.29 is 9.53 Å². The van der Waals surface area contributed by atoms with Gasteiger partial charge in [0.1, 0.15) is 3.38 Å². The largest absolute Gasteiger partial charge is 0.462 e. The predicted molar refractivity (Wildman–Crippen MR) is 64.2 cm³/mol. The second-order valence-electron chi connectivity index (χ2n) is 1.93. The van der Waals surface area contributed by atoms with Crippen LogP contribution in [0.15, 0.2) is 16.8 Å². The summed E-state index contributed by atoms with van der Waals surface area (Å²) in [5, 5.41) is 0. The van der Waals surface area contributed by atoms with Gasteiger partial charge in [-0.05, 0) is 29.5 Å². The third-order valence-corrected chi connectivity index (χ3v) is 1.48. The van der Waals surface area contributed by atoms with Crippen molar-refractivity contribution in [3.8, 4) is 0 Å². The molecule has 4 nitrogen and oxygen atoms in total. The molecule has 0 spiro atoms. The molecule has 0 radical (unpaired) electrons. The highest BCUT2D eigenvalue weighted by molar-refractivity contribution is 14.1. The summed E-state index contributed by atoms with van der Waals surface area (Å²) in [5.41, 5.74) is 5.44. The number of halogens is 1. The van der Waals surface area contributed by atoms with Crippen LogP contribution in [-0.4, -0.2) is 22.2 Å². The second-order valence-corrected chi connectivity index (χ2v) is 4.59. The zero-order valence-electron chi connectivity index (χ0n) is 7.11. The average Bonchev–Trinajstić information content (AvgIpc) is 2.05. The van der Waals surface area contributed by atoms with Gasteiger partial charge in [-0.2, -0.15) is 0 Å². The maximum absolute atomic E-state index is 11.1. The predicted octanol–water partition coefficient (Wildman–Crippen LogP) is 1.11. The van der Waals surface area contributed by atoms with E-state index in [0.29, 0.717) is 6.61 Å². The van der Waals surface area contributed by atoms with E-state index < -0.39 is 5.97 Å². The summed E-state index contributed by atoms with van der Waals surface area (Å²) in [6, 6.07) is 0. The van der Waals surface area contributed by atoms with Gasteiger partial charge in [-0.1, -0.05) is 0 Å². The van der Waals surface area contributed by atoms with Crippen molar-refractivity contribution in [2.24, 2.45) is 10.7 Å². The van der Waals surface area contributed by atoms with E-state index in [0.717, 1.165) is 6.20 Å². The van der Waals surface area contributed by atoms with E-state index in [9.17, 15) is 4.79 Å². The Kier molecular flexibility index (Phi) is 7.06. The van der Waals surface area contributed by atoms with Crippen LogP contribution in [0.1, 0.15) is 6.92 Å². The van der Waals surface area contributed by atoms with Crippen LogP contribution in [0.4, 0.5) is 0 Å². The molecule has 0 saturated carbocycles. The molecule has 0 aromatic heterocycles. The van der Waals surface area contributed by atoms with Crippen molar-refractivity contribution in [2.75, 3.05) is 6.61 Å². The topological polar surface area (TPSA) is 64.7 Å². The molecule has 0 aromatic rings. The Morgan fingerprint density at radius 2 is 2.46 bits per heavy atom. The fourth-order valence-corrected chi connectivity index (χ4v) is 0.747. The number of rotatable bonds is 4. The molecule has 1 unspecified atom stereocenters. The first kappa shape index (κ1) is 12.8. The summed E-state index contributed by atoms with van der Waals surface area (Å²) in [6.07, 6.45) is 2.51. The van der Waals surface area contributed by atoms with Crippen LogP contribution in [0.2, 0.25) is 0 Å². The molecule has 0 heterocycles. The molecular weight excluding hydrogens is 303 g/mol. The number of hydrogen-bond acceptors (Lipinski definition) is 5. The summed E-state index contributed by atoms with van der Waals surface area (Å²) in [4.78, 5) is 15.0. The van der Waals surface area contributed by atoms with Crippen molar-refractivity contribution in [1.82, 2.24) is 0 Å². The molecule has 0 amide bonds. The lowest BCUT2D eigenvalue weighted by molar-refractivity contribution is -0.137. The maximum Gasteiger partial charge on any atom is 0.341 e. The van der Waals surface area contributed by atoms with Crippen LogP contribution < -0.4 is 5.73 Å². The molecule has 0 saturated heterocycles. The molecule has 0 rings (SSSR count). The standard InChI is InChI=1S/C7H11IN2O2S/c1-2-12-6(11)5(3-9)4-10-7(8)13/h3-4,7,13H,2,9H2,1H3/b5-3+,10-4-. The Labute approximate surface area is 96.2 Å². The van der Waals surface area contributed by atoms with Gasteiger partial charge in [0.2, 0.25) is 0 Å². The van der Waals surface area contributed by atoms with Crippen LogP contribution >= 0.6 is 35.2 Å². The minimum atomic E-state index is -0.473. The third kappa shape index (κ3) is 5.92. The normalized spacial score (nSPS) is 14.5. The fraction of sp³-hybridized carbons (Fsp3) is 0.429. The van der Waals surface area contributed by atoms with E-state index in [2.05, 4.69) is 17.6 Å². The van der Waals surface area contributed by atoms with Gasteiger partial charge in [0.25, 0.3) is 0 Å². The lowest BCUT2D eigenvalue weighted by atomic mass is 10.3. The molecule has 0 aliphatic carbocycles. The van der Waals surface area contributed by atoms with E-state index in [-0.39, 0.29) is 8.95 Å². The van der Waals surface area contributed by atoms with Gasteiger partial charge >= 0.3 is 5.97 Å². The van der Waals surface area contributed by atoms with Crippen LogP contribution in [0.3, 0.4) is 0 Å². The Hall–Kier alpha value is -0.240. The Balaban J connectivity index is 4.28. The first-order valence-corrected chi connectivity index (χ1v) is 5.32. The van der Waals surface area contributed by atoms with Gasteiger partial charge in [-0.15, -0.1) is 12.6 Å². The van der Waals surface area contributed by atoms with Crippen LogP contribution in [0.25, 0.3) is 0 Å². The number of esters is 1. The number of nitrogens with two attached hydrogens (primary N) is 1. The number of nitrogens with zero attached hydrogens (tertiary/aromatic N) is 1. The van der Waals surface area contributed by atoms with Crippen molar-refractivity contribution in [3.63, 3.8) is 0 Å². The highest BCUT2D eigenvalue weighted by atomic mass is 127. The van der Waals surface area contributed by atoms with Crippen molar-refractivity contribution in [1.29, 1.82) is 0 Å². The number of hydrogen-bond donors (Lipinski definition) is 2. The van der Waals surface area contributed by atoms with Gasteiger partial charge in [0.15, 0.2) is 0 Å². The molecule has 1 atom stereocenters. The van der Waals surface area contributed by atoms with Crippen LogP contribution in [-0.2, 0) is 9.53 Å². The smallest absolute Gasteiger partial charge is 0.341 e. The van der Waals surface area contributed by atoms with Crippen LogP contribution in [0, 0.1) is 0 Å². The summed E-state index contributed by atoms with van der Waals surface area (Å²) >= 11 is 5.98. The molecule has 13 heavy (non-hydrogen) atoms. The molecule has 74 valence electrons. The minimum absolute atomic E-state index is 0.193. The van der Waals surface area contributed by atoms with Gasteiger partial charge in [0, 0.05) is 12.4 Å². The zero-order valence-corrected chi connectivity index (χ0v) is 10.2. The first-order valence-electron chi connectivity index (χ1n) is 3.56. The Bertz CT molecular complexity index is 229. The monoisotopic (exact) mass is 314 g/mol. The van der Waals surface area contributed by atoms with Crippen LogP contribution in [0.5, 0.6) is 0 Å². The zero-order chi connectivity index (χ0) is 10.3. The van der Waals surface area contributed by atoms with Crippen molar-refractivity contribution in [2.45, 2.75) is 10.3 Å². The van der Waals surface area contributed by atoms with E-state index in [4.69, 9.17) is 10.5 Å². The van der Waals surface area contributed by atoms with Gasteiger partial charge in [-0.25, -0.2) is 4.79 Å².